The molecule has 2 aromatic rings. The summed E-state index contributed by atoms with van der Waals surface area (Å²) in [5.74, 6) is -2.13. The molecule has 0 spiro atoms. The van der Waals surface area contributed by atoms with Gasteiger partial charge in [-0.25, -0.2) is 8.78 Å². The Morgan fingerprint density at radius 1 is 1.14 bits per heavy atom. The first kappa shape index (κ1) is 20.1. The SMILES string of the molecule is COc1ccc(Cl)cc1NC(=O)C1CCN(C(=O)c2ccc(F)cc2F)CC1. The summed E-state index contributed by atoms with van der Waals surface area (Å²) in [5.41, 5.74) is 0.305. The summed E-state index contributed by atoms with van der Waals surface area (Å²) in [6.45, 7) is 0.612. The minimum Gasteiger partial charge on any atom is -0.495 e. The van der Waals surface area contributed by atoms with Crippen LogP contribution in [0.4, 0.5) is 14.5 Å². The van der Waals surface area contributed by atoms with Gasteiger partial charge in [-0.2, -0.15) is 0 Å². The molecule has 8 heteroatoms. The number of carbonyl (C=O) groups is 2. The van der Waals surface area contributed by atoms with Gasteiger partial charge in [-0.3, -0.25) is 9.59 Å². The molecule has 0 aliphatic carbocycles. The lowest BCUT2D eigenvalue weighted by molar-refractivity contribution is -0.121. The zero-order chi connectivity index (χ0) is 20.3. The molecule has 1 fully saturated rings. The highest BCUT2D eigenvalue weighted by Gasteiger charge is 2.29. The molecule has 1 aliphatic rings. The number of likely N-dealkylation sites (tertiary alicyclic amines) is 1. The van der Waals surface area contributed by atoms with Crippen LogP contribution in [0.15, 0.2) is 36.4 Å². The lowest BCUT2D eigenvalue weighted by Gasteiger charge is -2.31. The van der Waals surface area contributed by atoms with Crippen LogP contribution in [0.2, 0.25) is 5.02 Å². The van der Waals surface area contributed by atoms with Crippen LogP contribution >= 0.6 is 11.6 Å². The molecule has 2 aromatic carbocycles. The lowest BCUT2D eigenvalue weighted by Crippen LogP contribution is -2.41. The third-order valence-electron chi connectivity index (χ3n) is 4.73. The van der Waals surface area contributed by atoms with Gasteiger partial charge in [-0.1, -0.05) is 11.6 Å². The number of anilines is 1. The Balaban J connectivity index is 1.61. The molecular weight excluding hydrogens is 390 g/mol. The number of nitrogens with one attached hydrogen (secondary N) is 1. The van der Waals surface area contributed by atoms with E-state index in [1.807, 2.05) is 0 Å². The van der Waals surface area contributed by atoms with Crippen LogP contribution in [0.1, 0.15) is 23.2 Å². The number of benzene rings is 2. The fourth-order valence-corrected chi connectivity index (χ4v) is 3.36. The minimum absolute atomic E-state index is 0.173. The number of halogens is 3. The van der Waals surface area contributed by atoms with Crippen molar-refractivity contribution in [3.05, 3.63) is 58.6 Å². The van der Waals surface area contributed by atoms with E-state index in [-0.39, 0.29) is 17.4 Å². The number of hydrogen-bond acceptors (Lipinski definition) is 3. The molecule has 148 valence electrons. The first-order chi connectivity index (χ1) is 13.4. The monoisotopic (exact) mass is 408 g/mol. The van der Waals surface area contributed by atoms with Gasteiger partial charge in [0.15, 0.2) is 0 Å². The second-order valence-corrected chi connectivity index (χ2v) is 6.96. The highest BCUT2D eigenvalue weighted by atomic mass is 35.5. The van der Waals surface area contributed by atoms with Crippen molar-refractivity contribution in [3.63, 3.8) is 0 Å². The van der Waals surface area contributed by atoms with Crippen LogP contribution in [0, 0.1) is 17.6 Å². The number of hydrogen-bond donors (Lipinski definition) is 1. The van der Waals surface area contributed by atoms with Gasteiger partial charge in [-0.05, 0) is 43.2 Å². The molecule has 0 atom stereocenters. The van der Waals surface area contributed by atoms with Gasteiger partial charge in [-0.15, -0.1) is 0 Å². The quantitative estimate of drug-likeness (QED) is 0.828. The van der Waals surface area contributed by atoms with Crippen LogP contribution in [0.3, 0.4) is 0 Å². The number of ether oxygens (including phenoxy) is 1. The molecule has 1 heterocycles. The zero-order valence-electron chi connectivity index (χ0n) is 15.2. The number of nitrogens with zero attached hydrogens (tertiary/aromatic N) is 1. The molecule has 0 saturated carbocycles. The Morgan fingerprint density at radius 2 is 1.86 bits per heavy atom. The molecule has 1 aliphatic heterocycles. The molecule has 0 radical (unpaired) electrons. The Bertz CT molecular complexity index is 899. The molecule has 1 saturated heterocycles. The van der Waals surface area contributed by atoms with Crippen molar-refractivity contribution in [1.82, 2.24) is 4.90 Å². The van der Waals surface area contributed by atoms with E-state index in [2.05, 4.69) is 5.32 Å². The maximum absolute atomic E-state index is 13.8. The maximum Gasteiger partial charge on any atom is 0.256 e. The first-order valence-corrected chi connectivity index (χ1v) is 9.15. The molecule has 28 heavy (non-hydrogen) atoms. The predicted octanol–water partition coefficient (Wildman–Crippen LogP) is 4.12. The Labute approximate surface area is 166 Å². The number of rotatable bonds is 4. The van der Waals surface area contributed by atoms with E-state index in [0.717, 1.165) is 12.1 Å². The van der Waals surface area contributed by atoms with Crippen LogP contribution in [-0.2, 0) is 4.79 Å². The Hall–Kier alpha value is -2.67. The molecule has 0 bridgehead atoms. The van der Waals surface area contributed by atoms with Gasteiger partial charge in [0.1, 0.15) is 17.4 Å². The summed E-state index contributed by atoms with van der Waals surface area (Å²) in [5, 5.41) is 3.28. The maximum atomic E-state index is 13.8. The van der Waals surface area contributed by atoms with E-state index in [0.29, 0.717) is 48.5 Å². The number of amides is 2. The second-order valence-electron chi connectivity index (χ2n) is 6.52. The van der Waals surface area contributed by atoms with Crippen molar-refractivity contribution in [2.24, 2.45) is 5.92 Å². The van der Waals surface area contributed by atoms with Crippen molar-refractivity contribution in [2.45, 2.75) is 12.8 Å². The van der Waals surface area contributed by atoms with E-state index in [9.17, 15) is 18.4 Å². The molecular formula is C20H19ClF2N2O3. The molecule has 2 amide bonds. The summed E-state index contributed by atoms with van der Waals surface area (Å²) < 4.78 is 32.1. The first-order valence-electron chi connectivity index (χ1n) is 8.77. The van der Waals surface area contributed by atoms with E-state index >= 15 is 0 Å². The fourth-order valence-electron chi connectivity index (χ4n) is 3.19. The van der Waals surface area contributed by atoms with E-state index in [1.54, 1.807) is 18.2 Å². The average Bonchev–Trinajstić information content (AvgIpc) is 2.68. The van der Waals surface area contributed by atoms with Gasteiger partial charge in [0, 0.05) is 30.1 Å². The smallest absolute Gasteiger partial charge is 0.256 e. The third-order valence-corrected chi connectivity index (χ3v) is 4.97. The summed E-state index contributed by atoms with van der Waals surface area (Å²) in [6, 6.07) is 7.80. The van der Waals surface area contributed by atoms with Gasteiger partial charge >= 0.3 is 0 Å². The molecule has 0 unspecified atom stereocenters. The fraction of sp³-hybridized carbons (Fsp3) is 0.300. The Morgan fingerprint density at radius 3 is 2.50 bits per heavy atom. The van der Waals surface area contributed by atoms with Crippen LogP contribution < -0.4 is 10.1 Å². The van der Waals surface area contributed by atoms with Crippen LogP contribution in [0.25, 0.3) is 0 Å². The number of methoxy groups -OCH3 is 1. The van der Waals surface area contributed by atoms with E-state index in [1.165, 1.54) is 12.0 Å². The normalized spacial score (nSPS) is 14.6. The average molecular weight is 409 g/mol. The summed E-state index contributed by atoms with van der Waals surface area (Å²) in [7, 11) is 1.50. The van der Waals surface area contributed by atoms with Crippen LogP contribution in [0.5, 0.6) is 5.75 Å². The number of carbonyl (C=O) groups excluding carboxylic acids is 2. The van der Waals surface area contributed by atoms with Crippen molar-refractivity contribution in [3.8, 4) is 5.75 Å². The number of piperidine rings is 1. The lowest BCUT2D eigenvalue weighted by atomic mass is 9.95. The second kappa shape index (κ2) is 8.56. The van der Waals surface area contributed by atoms with Crippen molar-refractivity contribution in [1.29, 1.82) is 0 Å². The van der Waals surface area contributed by atoms with E-state index in [4.69, 9.17) is 16.3 Å². The van der Waals surface area contributed by atoms with Crippen LogP contribution in [-0.4, -0.2) is 36.9 Å². The highest BCUT2D eigenvalue weighted by molar-refractivity contribution is 6.31. The van der Waals surface area contributed by atoms with Gasteiger partial charge in [0.25, 0.3) is 5.91 Å². The molecule has 3 rings (SSSR count). The molecule has 5 nitrogen and oxygen atoms in total. The highest BCUT2D eigenvalue weighted by Crippen LogP contribution is 2.29. The molecule has 0 aromatic heterocycles. The van der Waals surface area contributed by atoms with Crippen molar-refractivity contribution < 1.29 is 23.1 Å². The Kier molecular flexibility index (Phi) is 6.14. The zero-order valence-corrected chi connectivity index (χ0v) is 15.9. The summed E-state index contributed by atoms with van der Waals surface area (Å²) in [6.07, 6.45) is 0.868. The minimum atomic E-state index is -0.891. The topological polar surface area (TPSA) is 58.6 Å². The van der Waals surface area contributed by atoms with Crippen molar-refractivity contribution >= 4 is 29.1 Å². The van der Waals surface area contributed by atoms with Gasteiger partial charge in [0.2, 0.25) is 5.91 Å². The molecule has 1 N–H and O–H groups in total. The standard InChI is InChI=1S/C20H19ClF2N2O3/c1-28-18-5-2-13(21)10-17(18)24-19(26)12-6-8-25(9-7-12)20(27)15-4-3-14(22)11-16(15)23/h2-5,10-12H,6-9H2,1H3,(H,24,26). The van der Waals surface area contributed by atoms with E-state index < -0.39 is 17.5 Å². The summed E-state index contributed by atoms with van der Waals surface area (Å²) in [4.78, 5) is 26.5. The third kappa shape index (κ3) is 4.42. The largest absolute Gasteiger partial charge is 0.495 e. The van der Waals surface area contributed by atoms with Gasteiger partial charge < -0.3 is 15.0 Å². The van der Waals surface area contributed by atoms with Crippen molar-refractivity contribution in [2.75, 3.05) is 25.5 Å². The summed E-state index contributed by atoms with van der Waals surface area (Å²) >= 11 is 5.97. The predicted molar refractivity (Wildman–Crippen MR) is 102 cm³/mol. The van der Waals surface area contributed by atoms with Gasteiger partial charge in [0.05, 0.1) is 18.4 Å².